The lowest BCUT2D eigenvalue weighted by Gasteiger charge is -2.29. The second kappa shape index (κ2) is 6.25. The summed E-state index contributed by atoms with van der Waals surface area (Å²) in [7, 11) is 0. The molecule has 0 aliphatic carbocycles. The van der Waals surface area contributed by atoms with Gasteiger partial charge in [0.25, 0.3) is 0 Å². The van der Waals surface area contributed by atoms with Crippen molar-refractivity contribution in [3.8, 4) is 0 Å². The molecule has 0 saturated heterocycles. The van der Waals surface area contributed by atoms with Crippen molar-refractivity contribution in [2.24, 2.45) is 0 Å². The Kier molecular flexibility index (Phi) is 4.91. The molecule has 5 heteroatoms. The van der Waals surface area contributed by atoms with Crippen LogP contribution in [0.2, 0.25) is 5.02 Å². The average molecular weight is 321 g/mol. The first-order valence-corrected chi connectivity index (χ1v) is 7.84. The van der Waals surface area contributed by atoms with Crippen molar-refractivity contribution < 1.29 is 0 Å². The first-order valence-electron chi connectivity index (χ1n) is 5.45. The van der Waals surface area contributed by atoms with E-state index in [9.17, 15) is 0 Å². The smallest absolute Gasteiger partial charge is 0.0794 e. The van der Waals surface area contributed by atoms with Crippen LogP contribution in [0.4, 0.5) is 0 Å². The van der Waals surface area contributed by atoms with E-state index >= 15 is 0 Å². The lowest BCUT2D eigenvalue weighted by molar-refractivity contribution is 0.530. The van der Waals surface area contributed by atoms with Gasteiger partial charge in [-0.3, -0.25) is 0 Å². The van der Waals surface area contributed by atoms with Gasteiger partial charge in [-0.2, -0.15) is 0 Å². The quantitative estimate of drug-likeness (QED) is 0.724. The number of aromatic nitrogens is 1. The van der Waals surface area contributed by atoms with Gasteiger partial charge in [0, 0.05) is 34.0 Å². The number of halogens is 3. The zero-order chi connectivity index (χ0) is 13.0. The number of benzene rings is 1. The topological polar surface area (TPSA) is 12.9 Å². The molecule has 0 radical (unpaired) electrons. The van der Waals surface area contributed by atoms with Gasteiger partial charge in [-0.05, 0) is 17.7 Å². The van der Waals surface area contributed by atoms with Crippen molar-refractivity contribution in [1.29, 1.82) is 0 Å². The van der Waals surface area contributed by atoms with Crippen LogP contribution in [0.3, 0.4) is 0 Å². The molecule has 0 fully saturated rings. The molecule has 1 aromatic heterocycles. The highest BCUT2D eigenvalue weighted by Gasteiger charge is 2.31. The van der Waals surface area contributed by atoms with Crippen molar-refractivity contribution in [1.82, 2.24) is 4.98 Å². The predicted molar refractivity (Wildman–Crippen MR) is 80.4 cm³/mol. The van der Waals surface area contributed by atoms with Crippen LogP contribution in [0.1, 0.15) is 11.3 Å². The van der Waals surface area contributed by atoms with Gasteiger partial charge in [-0.15, -0.1) is 34.5 Å². The minimum Gasteiger partial charge on any atom is -0.250 e. The molecule has 0 N–H and O–H groups in total. The lowest BCUT2D eigenvalue weighted by atomic mass is 9.80. The Morgan fingerprint density at radius 3 is 2.28 bits per heavy atom. The summed E-state index contributed by atoms with van der Waals surface area (Å²) in [5.74, 6) is 0.908. The van der Waals surface area contributed by atoms with Crippen molar-refractivity contribution in [3.05, 3.63) is 51.4 Å². The second-order valence-corrected chi connectivity index (χ2v) is 5.90. The van der Waals surface area contributed by atoms with E-state index in [1.165, 1.54) is 0 Å². The zero-order valence-electron chi connectivity index (χ0n) is 9.57. The summed E-state index contributed by atoms with van der Waals surface area (Å²) >= 11 is 19.8. The highest BCUT2D eigenvalue weighted by atomic mass is 35.5. The van der Waals surface area contributed by atoms with E-state index in [0.717, 1.165) is 17.7 Å². The Morgan fingerprint density at radius 1 is 1.11 bits per heavy atom. The van der Waals surface area contributed by atoms with Gasteiger partial charge >= 0.3 is 0 Å². The van der Waals surface area contributed by atoms with E-state index in [0.29, 0.717) is 16.8 Å². The molecule has 0 spiro atoms. The molecule has 0 aliphatic heterocycles. The van der Waals surface area contributed by atoms with E-state index in [1.807, 2.05) is 35.2 Å². The highest BCUT2D eigenvalue weighted by molar-refractivity contribution is 7.07. The third kappa shape index (κ3) is 3.00. The highest BCUT2D eigenvalue weighted by Crippen LogP contribution is 2.32. The fraction of sp³-hybridized carbons (Fsp3) is 0.308. The molecule has 1 aromatic carbocycles. The van der Waals surface area contributed by atoms with Gasteiger partial charge in [0.1, 0.15) is 0 Å². The van der Waals surface area contributed by atoms with Crippen molar-refractivity contribution in [2.45, 2.75) is 11.8 Å². The zero-order valence-corrected chi connectivity index (χ0v) is 12.7. The molecule has 0 unspecified atom stereocenters. The SMILES string of the molecule is ClCC(CCl)(Cc1cscn1)c1ccc(Cl)cc1. The Morgan fingerprint density at radius 2 is 1.78 bits per heavy atom. The molecule has 0 aliphatic rings. The summed E-state index contributed by atoms with van der Waals surface area (Å²) in [6.07, 6.45) is 0.741. The largest absolute Gasteiger partial charge is 0.250 e. The summed E-state index contributed by atoms with van der Waals surface area (Å²) in [6, 6.07) is 7.70. The molecule has 1 nitrogen and oxygen atoms in total. The van der Waals surface area contributed by atoms with E-state index in [4.69, 9.17) is 34.8 Å². The van der Waals surface area contributed by atoms with Crippen LogP contribution in [0, 0.1) is 0 Å². The van der Waals surface area contributed by atoms with Gasteiger partial charge in [0.05, 0.1) is 11.2 Å². The number of rotatable bonds is 5. The number of alkyl halides is 2. The van der Waals surface area contributed by atoms with Crippen LogP contribution in [-0.4, -0.2) is 16.7 Å². The Bertz CT molecular complexity index is 477. The number of nitrogens with zero attached hydrogens (tertiary/aromatic N) is 1. The fourth-order valence-corrected chi connectivity index (χ4v) is 3.33. The molecule has 18 heavy (non-hydrogen) atoms. The maximum Gasteiger partial charge on any atom is 0.0794 e. The van der Waals surface area contributed by atoms with E-state index in [-0.39, 0.29) is 5.41 Å². The van der Waals surface area contributed by atoms with Gasteiger partial charge < -0.3 is 0 Å². The number of hydrogen-bond donors (Lipinski definition) is 0. The summed E-state index contributed by atoms with van der Waals surface area (Å²) in [4.78, 5) is 4.32. The van der Waals surface area contributed by atoms with Crippen LogP contribution >= 0.6 is 46.1 Å². The van der Waals surface area contributed by atoms with Gasteiger partial charge in [0.15, 0.2) is 0 Å². The van der Waals surface area contributed by atoms with Gasteiger partial charge in [-0.25, -0.2) is 4.98 Å². The van der Waals surface area contributed by atoms with Crippen LogP contribution < -0.4 is 0 Å². The lowest BCUT2D eigenvalue weighted by Crippen LogP contribution is -2.33. The Hall–Kier alpha value is -0.280. The van der Waals surface area contributed by atoms with Crippen LogP contribution in [0.5, 0.6) is 0 Å². The monoisotopic (exact) mass is 319 g/mol. The van der Waals surface area contributed by atoms with E-state index in [1.54, 1.807) is 11.3 Å². The number of hydrogen-bond acceptors (Lipinski definition) is 2. The van der Waals surface area contributed by atoms with Crippen LogP contribution in [0.25, 0.3) is 0 Å². The second-order valence-electron chi connectivity index (χ2n) is 4.21. The standard InChI is InChI=1S/C13H12Cl3NS/c14-7-13(8-15,5-12-6-18-9-17-12)10-1-3-11(16)4-2-10/h1-4,6,9H,5,7-8H2. The first kappa shape index (κ1) is 14.1. The summed E-state index contributed by atoms with van der Waals surface area (Å²) in [5, 5.41) is 2.74. The first-order chi connectivity index (χ1) is 8.70. The molecule has 0 amide bonds. The minimum atomic E-state index is -0.290. The van der Waals surface area contributed by atoms with Crippen molar-refractivity contribution in [2.75, 3.05) is 11.8 Å². The molecule has 0 atom stereocenters. The van der Waals surface area contributed by atoms with Crippen molar-refractivity contribution >= 4 is 46.1 Å². The fourth-order valence-electron chi connectivity index (χ4n) is 1.86. The molecule has 0 saturated carbocycles. The molecule has 96 valence electrons. The van der Waals surface area contributed by atoms with Gasteiger partial charge in [0.2, 0.25) is 0 Å². The maximum atomic E-state index is 6.17. The average Bonchev–Trinajstić information content (AvgIpc) is 2.90. The third-order valence-electron chi connectivity index (χ3n) is 2.97. The maximum absolute atomic E-state index is 6.17. The molecule has 2 aromatic rings. The predicted octanol–water partition coefficient (Wildman–Crippen LogP) is 4.75. The summed E-state index contributed by atoms with van der Waals surface area (Å²) < 4.78 is 0. The normalized spacial score (nSPS) is 11.7. The van der Waals surface area contributed by atoms with Crippen molar-refractivity contribution in [3.63, 3.8) is 0 Å². The summed E-state index contributed by atoms with van der Waals surface area (Å²) in [6.45, 7) is 0. The van der Waals surface area contributed by atoms with E-state index in [2.05, 4.69) is 4.98 Å². The number of thiazole rings is 1. The summed E-state index contributed by atoms with van der Waals surface area (Å²) in [5.41, 5.74) is 3.66. The molecule has 2 rings (SSSR count). The third-order valence-corrected chi connectivity index (χ3v) is 4.88. The van der Waals surface area contributed by atoms with Gasteiger partial charge in [-0.1, -0.05) is 23.7 Å². The van der Waals surface area contributed by atoms with Crippen LogP contribution in [-0.2, 0) is 11.8 Å². The minimum absolute atomic E-state index is 0.290. The molecular weight excluding hydrogens is 309 g/mol. The molecular formula is C13H12Cl3NS. The Labute approximate surface area is 126 Å². The van der Waals surface area contributed by atoms with E-state index < -0.39 is 0 Å². The molecule has 1 heterocycles. The Balaban J connectivity index is 2.33. The van der Waals surface area contributed by atoms with Crippen LogP contribution in [0.15, 0.2) is 35.2 Å². The molecule has 0 bridgehead atoms.